The Bertz CT molecular complexity index is 1750. The molecule has 2 amide bonds. The third kappa shape index (κ3) is 8.90. The molecule has 4 rings (SSSR count). The van der Waals surface area contributed by atoms with Crippen LogP contribution in [0.5, 0.6) is 0 Å². The lowest BCUT2D eigenvalue weighted by molar-refractivity contribution is -0.140. The number of amides is 2. The molecule has 242 valence electrons. The molecule has 0 fully saturated rings. The summed E-state index contributed by atoms with van der Waals surface area (Å²) in [6.45, 7) is 5.75. The molecule has 1 unspecified atom stereocenters. The van der Waals surface area contributed by atoms with E-state index in [-0.39, 0.29) is 23.8 Å². The number of nitrogens with zero attached hydrogens (tertiary/aromatic N) is 2. The number of aryl methyl sites for hydroxylation is 2. The lowest BCUT2D eigenvalue weighted by Crippen LogP contribution is -2.53. The van der Waals surface area contributed by atoms with Crippen molar-refractivity contribution in [1.82, 2.24) is 10.2 Å². The molecule has 0 saturated heterocycles. The maximum atomic E-state index is 14.6. The quantitative estimate of drug-likeness (QED) is 0.141. The standard InChI is InChI=1S/C36H39Cl2N3O4S/c1-4-5-21-39-36(43)34(23-28-11-7-6-8-12-28)40(24-29-13-9-10-14-33(29)38)35(42)25-41(31-18-15-26(2)27(3)22-31)46(44,45)32-19-16-30(37)17-20-32/h6-20,22,34H,4-5,21,23-25H2,1-3H3,(H,39,43). The van der Waals surface area contributed by atoms with E-state index in [2.05, 4.69) is 5.32 Å². The Morgan fingerprint density at radius 3 is 2.17 bits per heavy atom. The Kier molecular flexibility index (Phi) is 12.3. The number of benzene rings is 4. The van der Waals surface area contributed by atoms with Gasteiger partial charge in [0.05, 0.1) is 10.6 Å². The first-order valence-electron chi connectivity index (χ1n) is 15.2. The van der Waals surface area contributed by atoms with Gasteiger partial charge in [0, 0.05) is 29.6 Å². The van der Waals surface area contributed by atoms with Crippen molar-refractivity contribution in [2.45, 2.75) is 57.5 Å². The topological polar surface area (TPSA) is 86.8 Å². The summed E-state index contributed by atoms with van der Waals surface area (Å²) in [4.78, 5) is 29.8. The molecule has 0 aliphatic rings. The number of nitrogens with one attached hydrogen (secondary N) is 1. The van der Waals surface area contributed by atoms with Gasteiger partial charge in [-0.05, 0) is 85.0 Å². The van der Waals surface area contributed by atoms with Crippen molar-refractivity contribution in [3.05, 3.63) is 129 Å². The third-order valence-corrected chi connectivity index (χ3v) is 10.3. The molecular weight excluding hydrogens is 641 g/mol. The summed E-state index contributed by atoms with van der Waals surface area (Å²) >= 11 is 12.6. The number of sulfonamides is 1. The third-order valence-electron chi connectivity index (χ3n) is 7.86. The molecule has 10 heteroatoms. The fourth-order valence-corrected chi connectivity index (χ4v) is 6.74. The Morgan fingerprint density at radius 2 is 1.52 bits per heavy atom. The van der Waals surface area contributed by atoms with Crippen molar-refractivity contribution < 1.29 is 18.0 Å². The fourth-order valence-electron chi connectivity index (χ4n) is 5.01. The van der Waals surface area contributed by atoms with Crippen molar-refractivity contribution in [3.8, 4) is 0 Å². The number of hydrogen-bond acceptors (Lipinski definition) is 4. The SMILES string of the molecule is CCCCNC(=O)C(Cc1ccccc1)N(Cc1ccccc1Cl)C(=O)CN(c1ccc(C)c(C)c1)S(=O)(=O)c1ccc(Cl)cc1. The predicted molar refractivity (Wildman–Crippen MR) is 186 cm³/mol. The van der Waals surface area contributed by atoms with Gasteiger partial charge in [-0.25, -0.2) is 8.42 Å². The highest BCUT2D eigenvalue weighted by molar-refractivity contribution is 7.92. The van der Waals surface area contributed by atoms with Gasteiger partial charge in [-0.15, -0.1) is 0 Å². The molecule has 1 N–H and O–H groups in total. The highest BCUT2D eigenvalue weighted by atomic mass is 35.5. The van der Waals surface area contributed by atoms with Gasteiger partial charge in [-0.1, -0.05) is 91.1 Å². The zero-order chi connectivity index (χ0) is 33.3. The number of carbonyl (C=O) groups excluding carboxylic acids is 2. The largest absolute Gasteiger partial charge is 0.354 e. The summed E-state index contributed by atoms with van der Waals surface area (Å²) in [5.74, 6) is -0.877. The predicted octanol–water partition coefficient (Wildman–Crippen LogP) is 7.36. The molecule has 7 nitrogen and oxygen atoms in total. The van der Waals surface area contributed by atoms with Gasteiger partial charge in [-0.2, -0.15) is 0 Å². The van der Waals surface area contributed by atoms with Crippen LogP contribution in [0, 0.1) is 13.8 Å². The van der Waals surface area contributed by atoms with E-state index >= 15 is 0 Å². The van der Waals surface area contributed by atoms with Gasteiger partial charge in [0.2, 0.25) is 11.8 Å². The average Bonchev–Trinajstić information content (AvgIpc) is 3.04. The summed E-state index contributed by atoms with van der Waals surface area (Å²) in [7, 11) is -4.23. The maximum absolute atomic E-state index is 14.6. The van der Waals surface area contributed by atoms with Gasteiger partial charge < -0.3 is 10.2 Å². The van der Waals surface area contributed by atoms with Crippen LogP contribution in [0.2, 0.25) is 10.0 Å². The van der Waals surface area contributed by atoms with Gasteiger partial charge in [0.25, 0.3) is 10.0 Å². The number of unbranched alkanes of at least 4 members (excludes halogenated alkanes) is 1. The first kappa shape index (κ1) is 35.0. The van der Waals surface area contributed by atoms with Crippen LogP contribution in [0.15, 0.2) is 102 Å². The molecule has 0 spiro atoms. The zero-order valence-corrected chi connectivity index (χ0v) is 28.6. The van der Waals surface area contributed by atoms with Crippen LogP contribution in [-0.4, -0.2) is 44.3 Å². The Balaban J connectivity index is 1.81. The highest BCUT2D eigenvalue weighted by Gasteiger charge is 2.35. The monoisotopic (exact) mass is 679 g/mol. The van der Waals surface area contributed by atoms with Crippen LogP contribution < -0.4 is 9.62 Å². The number of anilines is 1. The second-order valence-corrected chi connectivity index (χ2v) is 13.9. The fraction of sp³-hybridized carbons (Fsp3) is 0.278. The normalized spacial score (nSPS) is 11.9. The smallest absolute Gasteiger partial charge is 0.264 e. The van der Waals surface area contributed by atoms with Crippen LogP contribution in [0.1, 0.15) is 42.0 Å². The lowest BCUT2D eigenvalue weighted by Gasteiger charge is -2.34. The van der Waals surface area contributed by atoms with Gasteiger partial charge in [0.1, 0.15) is 12.6 Å². The van der Waals surface area contributed by atoms with Crippen LogP contribution >= 0.6 is 23.2 Å². The average molecular weight is 681 g/mol. The molecule has 0 aromatic heterocycles. The first-order chi connectivity index (χ1) is 22.0. The molecule has 46 heavy (non-hydrogen) atoms. The van der Waals surface area contributed by atoms with Gasteiger partial charge >= 0.3 is 0 Å². The van der Waals surface area contributed by atoms with Crippen molar-refractivity contribution in [1.29, 1.82) is 0 Å². The maximum Gasteiger partial charge on any atom is 0.264 e. The van der Waals surface area contributed by atoms with E-state index in [9.17, 15) is 18.0 Å². The van der Waals surface area contributed by atoms with Crippen molar-refractivity contribution in [3.63, 3.8) is 0 Å². The molecule has 0 heterocycles. The first-order valence-corrected chi connectivity index (χ1v) is 17.4. The minimum absolute atomic E-state index is 0.00103. The van der Waals surface area contributed by atoms with Crippen LogP contribution in [0.25, 0.3) is 0 Å². The number of halogens is 2. The molecule has 1 atom stereocenters. The number of hydrogen-bond donors (Lipinski definition) is 1. The Labute approximate surface area is 282 Å². The summed E-state index contributed by atoms with van der Waals surface area (Å²) in [5, 5.41) is 3.81. The second kappa shape index (κ2) is 16.1. The summed E-state index contributed by atoms with van der Waals surface area (Å²) in [5.41, 5.74) is 3.67. The van der Waals surface area contributed by atoms with Crippen LogP contribution in [0.4, 0.5) is 5.69 Å². The molecule has 0 aliphatic carbocycles. The lowest BCUT2D eigenvalue weighted by atomic mass is 10.0. The van der Waals surface area contributed by atoms with Crippen molar-refractivity contribution >= 4 is 50.7 Å². The molecule has 0 radical (unpaired) electrons. The number of carbonyl (C=O) groups is 2. The van der Waals surface area contributed by atoms with Crippen LogP contribution in [-0.2, 0) is 32.6 Å². The molecular formula is C36H39Cl2N3O4S. The number of rotatable bonds is 14. The van der Waals surface area contributed by atoms with Gasteiger partial charge in [-0.3, -0.25) is 13.9 Å². The second-order valence-electron chi connectivity index (χ2n) is 11.2. The van der Waals surface area contributed by atoms with E-state index in [0.717, 1.165) is 33.8 Å². The summed E-state index contributed by atoms with van der Waals surface area (Å²) < 4.78 is 29.5. The Morgan fingerprint density at radius 1 is 0.848 bits per heavy atom. The van der Waals surface area contributed by atoms with E-state index in [0.29, 0.717) is 27.8 Å². The van der Waals surface area contributed by atoms with E-state index in [4.69, 9.17) is 23.2 Å². The van der Waals surface area contributed by atoms with Crippen molar-refractivity contribution in [2.24, 2.45) is 0 Å². The van der Waals surface area contributed by atoms with Gasteiger partial charge in [0.15, 0.2) is 0 Å². The molecule has 4 aromatic carbocycles. The van der Waals surface area contributed by atoms with E-state index in [1.54, 1.807) is 30.3 Å². The van der Waals surface area contributed by atoms with E-state index in [1.165, 1.54) is 29.2 Å². The molecule has 0 saturated carbocycles. The minimum atomic E-state index is -4.23. The summed E-state index contributed by atoms with van der Waals surface area (Å²) in [6.07, 6.45) is 1.89. The molecule has 0 aliphatic heterocycles. The van der Waals surface area contributed by atoms with E-state index < -0.39 is 28.5 Å². The Hall–Kier alpha value is -3.85. The van der Waals surface area contributed by atoms with Crippen molar-refractivity contribution in [2.75, 3.05) is 17.4 Å². The summed E-state index contributed by atoms with van der Waals surface area (Å²) in [6, 6.07) is 26.7. The molecule has 0 bridgehead atoms. The molecule has 4 aromatic rings. The zero-order valence-electron chi connectivity index (χ0n) is 26.2. The van der Waals surface area contributed by atoms with Crippen LogP contribution in [0.3, 0.4) is 0 Å². The minimum Gasteiger partial charge on any atom is -0.354 e. The highest BCUT2D eigenvalue weighted by Crippen LogP contribution is 2.28. The van der Waals surface area contributed by atoms with E-state index in [1.807, 2.05) is 63.2 Å².